The molecule has 0 saturated heterocycles. The Hall–Kier alpha value is -6.44. The van der Waals surface area contributed by atoms with Crippen LogP contribution in [0.5, 0.6) is 0 Å². The summed E-state index contributed by atoms with van der Waals surface area (Å²) in [6.07, 6.45) is 0. The van der Waals surface area contributed by atoms with Gasteiger partial charge in [-0.15, -0.1) is 0 Å². The number of para-hydroxylation sites is 2. The highest BCUT2D eigenvalue weighted by Crippen LogP contribution is 2.48. The van der Waals surface area contributed by atoms with Gasteiger partial charge >= 0.3 is 0 Å². The van der Waals surface area contributed by atoms with Crippen molar-refractivity contribution in [2.75, 3.05) is 0 Å². The van der Waals surface area contributed by atoms with Crippen molar-refractivity contribution in [1.29, 1.82) is 0 Å². The molecule has 1 aromatic heterocycles. The number of rotatable bonds is 3. The number of fused-ring (bicyclic) bond motifs is 5. The lowest BCUT2D eigenvalue weighted by Crippen LogP contribution is -1.93. The highest BCUT2D eigenvalue weighted by molar-refractivity contribution is 6.30. The zero-order chi connectivity index (χ0) is 32.1. The second-order valence-electron chi connectivity index (χ2n) is 13.2. The smallest absolute Gasteiger partial charge is 0.143 e. The molecular weight excluding hydrogens is 593 g/mol. The molecule has 0 N–H and O–H groups in total. The standard InChI is InChI=1S/C48H28O/c1-3-10-32-26-34(18-16-29(32)8-1)36-22-20-31-21-23-39-43(35-19-17-30-9-2-4-11-33(30)27-35)28-44(40-25-24-38(36)46(31)47(39)40)42-14-7-13-41-37-12-5-6-15-45(37)49-48(41)42/h1-28H. The summed E-state index contributed by atoms with van der Waals surface area (Å²) in [5.74, 6) is 0. The summed E-state index contributed by atoms with van der Waals surface area (Å²) in [6.45, 7) is 0. The molecule has 11 aromatic rings. The van der Waals surface area contributed by atoms with Gasteiger partial charge in [0.05, 0.1) is 0 Å². The van der Waals surface area contributed by atoms with Crippen LogP contribution in [0.15, 0.2) is 174 Å². The second kappa shape index (κ2) is 10.0. The average Bonchev–Trinajstić information content (AvgIpc) is 3.55. The van der Waals surface area contributed by atoms with Crippen molar-refractivity contribution < 1.29 is 4.42 Å². The van der Waals surface area contributed by atoms with Crippen LogP contribution >= 0.6 is 0 Å². The number of furan rings is 1. The number of hydrogen-bond acceptors (Lipinski definition) is 1. The van der Waals surface area contributed by atoms with E-state index >= 15 is 0 Å². The Balaban J connectivity index is 1.27. The average molecular weight is 621 g/mol. The van der Waals surface area contributed by atoms with Gasteiger partial charge in [-0.1, -0.05) is 146 Å². The minimum absolute atomic E-state index is 0.914. The summed E-state index contributed by atoms with van der Waals surface area (Å²) in [7, 11) is 0. The zero-order valence-corrected chi connectivity index (χ0v) is 26.6. The number of hydrogen-bond donors (Lipinski definition) is 0. The van der Waals surface area contributed by atoms with Crippen LogP contribution in [0, 0.1) is 0 Å². The van der Waals surface area contributed by atoms with Gasteiger partial charge in [-0.3, -0.25) is 0 Å². The van der Waals surface area contributed by atoms with Gasteiger partial charge in [-0.05, 0) is 106 Å². The van der Waals surface area contributed by atoms with Crippen LogP contribution in [0.25, 0.3) is 109 Å². The van der Waals surface area contributed by atoms with Gasteiger partial charge in [0.1, 0.15) is 11.2 Å². The fourth-order valence-electron chi connectivity index (χ4n) is 8.28. The first-order valence-electron chi connectivity index (χ1n) is 16.9. The molecule has 0 atom stereocenters. The number of benzene rings is 10. The maximum Gasteiger partial charge on any atom is 0.143 e. The Labute approximate surface area is 282 Å². The second-order valence-corrected chi connectivity index (χ2v) is 13.2. The highest BCUT2D eigenvalue weighted by atomic mass is 16.3. The minimum Gasteiger partial charge on any atom is -0.455 e. The Kier molecular flexibility index (Phi) is 5.45. The Morgan fingerprint density at radius 3 is 1.63 bits per heavy atom. The van der Waals surface area contributed by atoms with E-state index in [9.17, 15) is 0 Å². The van der Waals surface area contributed by atoms with Gasteiger partial charge < -0.3 is 4.42 Å². The van der Waals surface area contributed by atoms with E-state index in [-0.39, 0.29) is 0 Å². The summed E-state index contributed by atoms with van der Waals surface area (Å²) in [4.78, 5) is 0. The maximum atomic E-state index is 6.64. The van der Waals surface area contributed by atoms with Gasteiger partial charge in [0.2, 0.25) is 0 Å². The molecule has 1 nitrogen and oxygen atoms in total. The molecule has 0 spiro atoms. The fourth-order valence-corrected chi connectivity index (χ4v) is 8.28. The van der Waals surface area contributed by atoms with Crippen molar-refractivity contribution >= 4 is 75.8 Å². The third-order valence-electron chi connectivity index (χ3n) is 10.6. The van der Waals surface area contributed by atoms with Crippen molar-refractivity contribution in [3.63, 3.8) is 0 Å². The van der Waals surface area contributed by atoms with Crippen LogP contribution in [0.1, 0.15) is 0 Å². The molecule has 226 valence electrons. The van der Waals surface area contributed by atoms with Gasteiger partial charge in [-0.2, -0.15) is 0 Å². The molecule has 49 heavy (non-hydrogen) atoms. The largest absolute Gasteiger partial charge is 0.455 e. The lowest BCUT2D eigenvalue weighted by Gasteiger charge is -2.20. The van der Waals surface area contributed by atoms with Crippen molar-refractivity contribution in [2.24, 2.45) is 0 Å². The van der Waals surface area contributed by atoms with Gasteiger partial charge in [0, 0.05) is 16.3 Å². The first-order valence-corrected chi connectivity index (χ1v) is 16.9. The first kappa shape index (κ1) is 26.6. The monoisotopic (exact) mass is 620 g/mol. The molecule has 1 heteroatoms. The van der Waals surface area contributed by atoms with Crippen molar-refractivity contribution in [3.8, 4) is 33.4 Å². The SMILES string of the molecule is c1ccc2cc(-c3ccc4ccc5c(-c6ccc7ccccc7c6)cc(-c6cccc7c6oc6ccccc67)c6ccc3c4c56)ccc2c1. The minimum atomic E-state index is 0.914. The maximum absolute atomic E-state index is 6.64. The van der Waals surface area contributed by atoms with Crippen LogP contribution in [-0.4, -0.2) is 0 Å². The molecule has 0 aliphatic rings. The quantitative estimate of drug-likeness (QED) is 0.179. The van der Waals surface area contributed by atoms with Crippen LogP contribution in [-0.2, 0) is 0 Å². The summed E-state index contributed by atoms with van der Waals surface area (Å²) in [5, 5.41) is 14.9. The van der Waals surface area contributed by atoms with Gasteiger partial charge in [-0.25, -0.2) is 0 Å². The fraction of sp³-hybridized carbons (Fsp3) is 0. The normalized spacial score (nSPS) is 12.1. The lowest BCUT2D eigenvalue weighted by molar-refractivity contribution is 0.670. The summed E-state index contributed by atoms with van der Waals surface area (Å²) < 4.78 is 6.64. The molecular formula is C48H28O. The van der Waals surface area contributed by atoms with Gasteiger partial charge in [0.15, 0.2) is 0 Å². The summed E-state index contributed by atoms with van der Waals surface area (Å²) >= 11 is 0. The lowest BCUT2D eigenvalue weighted by atomic mass is 9.83. The van der Waals surface area contributed by atoms with E-state index in [1.807, 2.05) is 6.07 Å². The zero-order valence-electron chi connectivity index (χ0n) is 26.6. The van der Waals surface area contributed by atoms with Crippen molar-refractivity contribution in [3.05, 3.63) is 170 Å². The van der Waals surface area contributed by atoms with E-state index in [4.69, 9.17) is 4.42 Å². The molecule has 0 saturated carbocycles. The topological polar surface area (TPSA) is 13.1 Å². The molecule has 0 aliphatic carbocycles. The molecule has 0 aliphatic heterocycles. The molecule has 10 aromatic carbocycles. The van der Waals surface area contributed by atoms with Crippen LogP contribution in [0.4, 0.5) is 0 Å². The van der Waals surface area contributed by atoms with Crippen molar-refractivity contribution in [1.82, 2.24) is 0 Å². The van der Waals surface area contributed by atoms with E-state index in [2.05, 4.69) is 164 Å². The molecule has 0 unspecified atom stereocenters. The molecule has 11 rings (SSSR count). The van der Waals surface area contributed by atoms with E-state index < -0.39 is 0 Å². The van der Waals surface area contributed by atoms with Crippen LogP contribution < -0.4 is 0 Å². The molecule has 1 heterocycles. The first-order chi connectivity index (χ1) is 24.3. The molecule has 0 radical (unpaired) electrons. The predicted molar refractivity (Wildman–Crippen MR) is 209 cm³/mol. The van der Waals surface area contributed by atoms with Gasteiger partial charge in [0.25, 0.3) is 0 Å². The molecule has 0 bridgehead atoms. The highest BCUT2D eigenvalue weighted by Gasteiger charge is 2.21. The van der Waals surface area contributed by atoms with Crippen LogP contribution in [0.2, 0.25) is 0 Å². The summed E-state index contributed by atoms with van der Waals surface area (Å²) in [6, 6.07) is 62.2. The predicted octanol–water partition coefficient (Wildman–Crippen LogP) is 13.8. The van der Waals surface area contributed by atoms with Crippen LogP contribution in [0.3, 0.4) is 0 Å². The van der Waals surface area contributed by atoms with E-state index in [0.29, 0.717) is 0 Å². The summed E-state index contributed by atoms with van der Waals surface area (Å²) in [5.41, 5.74) is 9.08. The van der Waals surface area contributed by atoms with E-state index in [1.54, 1.807) is 0 Å². The van der Waals surface area contributed by atoms with Crippen molar-refractivity contribution in [2.45, 2.75) is 0 Å². The van der Waals surface area contributed by atoms with E-state index in [1.165, 1.54) is 81.7 Å². The Bertz CT molecular complexity index is 3100. The Morgan fingerprint density at radius 1 is 0.286 bits per heavy atom. The molecule has 0 fully saturated rings. The molecule has 0 amide bonds. The third kappa shape index (κ3) is 3.87. The third-order valence-corrected chi connectivity index (χ3v) is 10.6. The van der Waals surface area contributed by atoms with E-state index in [0.717, 1.165) is 27.5 Å². The Morgan fingerprint density at radius 2 is 0.857 bits per heavy atom.